The monoisotopic (exact) mass is 502 g/mol. The second-order valence-electron chi connectivity index (χ2n) is 11.2. The lowest BCUT2D eigenvalue weighted by atomic mass is 9.52. The van der Waals surface area contributed by atoms with Gasteiger partial charge in [-0.25, -0.2) is 8.42 Å². The van der Waals surface area contributed by atoms with Crippen molar-refractivity contribution >= 4 is 9.84 Å². The molecule has 3 aliphatic carbocycles. The molecule has 3 aromatic rings. The Kier molecular flexibility index (Phi) is 4.83. The summed E-state index contributed by atoms with van der Waals surface area (Å²) in [5.41, 5.74) is 3.57. The highest BCUT2D eigenvalue weighted by atomic mass is 32.2. The zero-order valence-electron chi connectivity index (χ0n) is 20.1. The van der Waals surface area contributed by atoms with Gasteiger partial charge in [0.2, 0.25) is 9.84 Å². The number of H-pyrrole nitrogens is 1. The highest BCUT2D eigenvalue weighted by Gasteiger charge is 2.55. The van der Waals surface area contributed by atoms with Crippen LogP contribution in [0.2, 0.25) is 0 Å². The number of nitrogens with one attached hydrogen (secondary N) is 1. The molecule has 0 unspecified atom stereocenters. The molecule has 3 atom stereocenters. The number of nitrogens with zero attached hydrogens (tertiary/aromatic N) is 1. The fourth-order valence-electron chi connectivity index (χ4n) is 7.27. The zero-order chi connectivity index (χ0) is 24.7. The number of aromatic hydroxyl groups is 1. The average molecular weight is 503 g/mol. The first kappa shape index (κ1) is 22.3. The molecule has 1 saturated carbocycles. The van der Waals surface area contributed by atoms with E-state index in [0.29, 0.717) is 18.4 Å². The predicted octanol–water partition coefficient (Wildman–Crippen LogP) is 3.61. The number of phenolic OH excluding ortho intramolecular Hbond substituents is 1. The standard InChI is InChI=1S/C29H30N2O4S/c32-21-9-8-19-13-26-24-12-20-14-27(36(34,35)22-4-2-1-3-5-22)28(33)30-25(20)16-29(24,23(19)15-21)10-11-31(26)17-18-6-7-18/h1-5,8-9,14-15,18,24,26,32H,6-7,10-13,16-17H2,(H,30,33)/t24-,26+,29+/m1/s1. The third-order valence-electron chi connectivity index (χ3n) is 9.19. The number of phenols is 1. The van der Waals surface area contributed by atoms with Gasteiger partial charge < -0.3 is 10.1 Å². The highest BCUT2D eigenvalue weighted by molar-refractivity contribution is 7.91. The molecule has 36 heavy (non-hydrogen) atoms. The molecule has 1 aromatic heterocycles. The maximum Gasteiger partial charge on any atom is 0.267 e. The first-order valence-corrected chi connectivity index (χ1v) is 14.5. The second kappa shape index (κ2) is 7.80. The Balaban J connectivity index is 1.35. The molecule has 7 heteroatoms. The zero-order valence-corrected chi connectivity index (χ0v) is 20.9. The fraction of sp³-hybridized carbons (Fsp3) is 0.414. The quantitative estimate of drug-likeness (QED) is 0.569. The van der Waals surface area contributed by atoms with Crippen molar-refractivity contribution in [2.75, 3.05) is 13.1 Å². The van der Waals surface area contributed by atoms with Crippen molar-refractivity contribution in [1.29, 1.82) is 0 Å². The van der Waals surface area contributed by atoms with Crippen LogP contribution in [0.15, 0.2) is 69.2 Å². The van der Waals surface area contributed by atoms with Crippen molar-refractivity contribution in [2.24, 2.45) is 11.8 Å². The van der Waals surface area contributed by atoms with Gasteiger partial charge in [-0.3, -0.25) is 9.69 Å². The number of likely N-dealkylation sites (tertiary alicyclic amines) is 1. The smallest absolute Gasteiger partial charge is 0.267 e. The third-order valence-corrected chi connectivity index (χ3v) is 11.0. The number of piperidine rings is 1. The number of sulfone groups is 1. The van der Waals surface area contributed by atoms with Gasteiger partial charge in [-0.1, -0.05) is 24.3 Å². The van der Waals surface area contributed by atoms with Gasteiger partial charge in [0.05, 0.1) is 4.90 Å². The number of benzene rings is 2. The molecular formula is C29H30N2O4S. The van der Waals surface area contributed by atoms with Crippen LogP contribution in [0.25, 0.3) is 0 Å². The number of rotatable bonds is 4. The molecule has 2 bridgehead atoms. The summed E-state index contributed by atoms with van der Waals surface area (Å²) < 4.78 is 26.7. The van der Waals surface area contributed by atoms with Crippen LogP contribution in [-0.2, 0) is 34.5 Å². The van der Waals surface area contributed by atoms with Crippen molar-refractivity contribution in [2.45, 2.75) is 59.8 Å². The summed E-state index contributed by atoms with van der Waals surface area (Å²) >= 11 is 0. The number of pyridine rings is 1. The third kappa shape index (κ3) is 3.32. The van der Waals surface area contributed by atoms with Gasteiger partial charge in [0.25, 0.3) is 5.56 Å². The van der Waals surface area contributed by atoms with Crippen LogP contribution in [0.3, 0.4) is 0 Å². The SMILES string of the molecule is O=c1[nH]c2c(cc1S(=O)(=O)c1ccccc1)C[C@@H]1[C@@H]3Cc4ccc(O)cc4[C@]1(CCN3CC1CC1)C2. The Morgan fingerprint density at radius 1 is 1.03 bits per heavy atom. The topological polar surface area (TPSA) is 90.5 Å². The molecule has 0 spiro atoms. The number of hydrogen-bond acceptors (Lipinski definition) is 5. The molecule has 0 amide bonds. The van der Waals surface area contributed by atoms with E-state index in [4.69, 9.17) is 0 Å². The summed E-state index contributed by atoms with van der Waals surface area (Å²) in [5.74, 6) is 1.39. The van der Waals surface area contributed by atoms with E-state index in [-0.39, 0.29) is 21.0 Å². The van der Waals surface area contributed by atoms with Crippen LogP contribution in [-0.4, -0.2) is 42.5 Å². The van der Waals surface area contributed by atoms with Crippen LogP contribution in [0.4, 0.5) is 0 Å². The lowest BCUT2D eigenvalue weighted by Gasteiger charge is -2.59. The maximum absolute atomic E-state index is 13.3. The Hall–Kier alpha value is -2.90. The first-order valence-electron chi connectivity index (χ1n) is 13.0. The van der Waals surface area contributed by atoms with Crippen LogP contribution >= 0.6 is 0 Å². The summed E-state index contributed by atoms with van der Waals surface area (Å²) in [7, 11) is -3.91. The molecule has 1 aliphatic heterocycles. The van der Waals surface area contributed by atoms with Gasteiger partial charge in [0.1, 0.15) is 10.6 Å². The summed E-state index contributed by atoms with van der Waals surface area (Å²) in [5, 5.41) is 10.4. The Morgan fingerprint density at radius 2 is 1.83 bits per heavy atom. The molecule has 2 heterocycles. The van der Waals surface area contributed by atoms with Crippen molar-refractivity contribution in [3.8, 4) is 5.75 Å². The van der Waals surface area contributed by atoms with Crippen LogP contribution in [0.5, 0.6) is 5.75 Å². The van der Waals surface area contributed by atoms with Gasteiger partial charge >= 0.3 is 0 Å². The average Bonchev–Trinajstić information content (AvgIpc) is 3.69. The van der Waals surface area contributed by atoms with Gasteiger partial charge in [-0.2, -0.15) is 0 Å². The van der Waals surface area contributed by atoms with E-state index in [9.17, 15) is 18.3 Å². The summed E-state index contributed by atoms with van der Waals surface area (Å²) in [4.78, 5) is 18.8. The Bertz CT molecular complexity index is 1530. The summed E-state index contributed by atoms with van der Waals surface area (Å²) in [6, 6.07) is 16.0. The molecule has 2 aromatic carbocycles. The van der Waals surface area contributed by atoms with Gasteiger partial charge in [0, 0.05) is 23.7 Å². The fourth-order valence-corrected chi connectivity index (χ4v) is 8.63. The van der Waals surface area contributed by atoms with E-state index < -0.39 is 15.4 Å². The highest BCUT2D eigenvalue weighted by Crippen LogP contribution is 2.55. The summed E-state index contributed by atoms with van der Waals surface area (Å²) in [6.45, 7) is 2.16. The van der Waals surface area contributed by atoms with E-state index in [2.05, 4.69) is 16.0 Å². The maximum atomic E-state index is 13.3. The van der Waals surface area contributed by atoms with E-state index >= 15 is 0 Å². The van der Waals surface area contributed by atoms with Crippen LogP contribution < -0.4 is 5.56 Å². The van der Waals surface area contributed by atoms with Gasteiger partial charge in [-0.15, -0.1) is 0 Å². The van der Waals surface area contributed by atoms with Gasteiger partial charge in [0.15, 0.2) is 0 Å². The molecule has 2 fully saturated rings. The number of aromatic amines is 1. The van der Waals surface area contributed by atoms with E-state index in [1.54, 1.807) is 30.3 Å². The van der Waals surface area contributed by atoms with E-state index in [1.165, 1.54) is 36.1 Å². The minimum absolute atomic E-state index is 0.136. The molecule has 2 N–H and O–H groups in total. The number of hydrogen-bond donors (Lipinski definition) is 2. The van der Waals surface area contributed by atoms with Crippen molar-refractivity contribution < 1.29 is 13.5 Å². The van der Waals surface area contributed by atoms with Crippen LogP contribution in [0.1, 0.15) is 41.6 Å². The minimum Gasteiger partial charge on any atom is -0.508 e. The Labute approximate surface area is 210 Å². The normalized spacial score (nSPS) is 27.1. The molecular weight excluding hydrogens is 472 g/mol. The number of fused-ring (bicyclic) bond motifs is 2. The molecule has 0 radical (unpaired) electrons. The lowest BCUT2D eigenvalue weighted by molar-refractivity contribution is 0.00453. The van der Waals surface area contributed by atoms with Gasteiger partial charge in [-0.05, 0) is 104 Å². The largest absolute Gasteiger partial charge is 0.508 e. The van der Waals surface area contributed by atoms with Crippen molar-refractivity contribution in [3.05, 3.63) is 87.3 Å². The minimum atomic E-state index is -3.91. The van der Waals surface area contributed by atoms with Crippen LogP contribution in [0, 0.1) is 11.8 Å². The first-order chi connectivity index (χ1) is 17.3. The molecule has 6 nitrogen and oxygen atoms in total. The molecule has 4 aliphatic rings. The van der Waals surface area contributed by atoms with E-state index in [1.807, 2.05) is 6.07 Å². The number of aromatic nitrogens is 1. The molecule has 1 saturated heterocycles. The predicted molar refractivity (Wildman–Crippen MR) is 136 cm³/mol. The van der Waals surface area contributed by atoms with Crippen molar-refractivity contribution in [3.63, 3.8) is 0 Å². The van der Waals surface area contributed by atoms with Crippen molar-refractivity contribution in [1.82, 2.24) is 9.88 Å². The van der Waals surface area contributed by atoms with E-state index in [0.717, 1.165) is 49.5 Å². The molecule has 7 rings (SSSR count). The summed E-state index contributed by atoms with van der Waals surface area (Å²) in [6.07, 6.45) is 5.94. The molecule has 186 valence electrons. The lowest BCUT2D eigenvalue weighted by Crippen LogP contribution is -2.63. The Morgan fingerprint density at radius 3 is 2.61 bits per heavy atom. The second-order valence-corrected chi connectivity index (χ2v) is 13.1.